The summed E-state index contributed by atoms with van der Waals surface area (Å²) in [5.74, 6) is -1.41. The Morgan fingerprint density at radius 2 is 1.61 bits per heavy atom. The summed E-state index contributed by atoms with van der Waals surface area (Å²) in [5.41, 5.74) is 3.64. The number of alkyl halides is 6. The van der Waals surface area contributed by atoms with Gasteiger partial charge in [0.2, 0.25) is 5.91 Å². The van der Waals surface area contributed by atoms with Gasteiger partial charge in [-0.3, -0.25) is 4.79 Å². The van der Waals surface area contributed by atoms with E-state index >= 15 is 0 Å². The van der Waals surface area contributed by atoms with E-state index in [1.54, 1.807) is 0 Å². The minimum absolute atomic E-state index is 0.118. The number of ether oxygens (including phenoxy) is 1. The Labute approximate surface area is 200 Å². The van der Waals surface area contributed by atoms with Crippen LogP contribution in [0.4, 0.5) is 36.4 Å². The Morgan fingerprint density at radius 1 is 0.972 bits per heavy atom. The molecule has 2 heterocycles. The van der Waals surface area contributed by atoms with Gasteiger partial charge in [0, 0.05) is 11.3 Å². The summed E-state index contributed by atoms with van der Waals surface area (Å²) in [5, 5.41) is 2.65. The molecule has 0 bridgehead atoms. The average Bonchev–Trinajstić information content (AvgIpc) is 2.78. The van der Waals surface area contributed by atoms with Gasteiger partial charge in [0.1, 0.15) is 17.6 Å². The zero-order valence-electron chi connectivity index (χ0n) is 18.2. The van der Waals surface area contributed by atoms with Crippen LogP contribution in [0.3, 0.4) is 0 Å². The van der Waals surface area contributed by atoms with Crippen LogP contribution in [-0.2, 0) is 15.7 Å². The second-order valence-electron chi connectivity index (χ2n) is 8.12. The smallest absolute Gasteiger partial charge is 0.372 e. The zero-order chi connectivity index (χ0) is 26.3. The highest BCUT2D eigenvalue weighted by atomic mass is 19.4. The molecule has 1 aliphatic heterocycles. The van der Waals surface area contributed by atoms with Crippen LogP contribution in [0.5, 0.6) is 0 Å². The van der Waals surface area contributed by atoms with Crippen molar-refractivity contribution in [3.63, 3.8) is 0 Å². The van der Waals surface area contributed by atoms with Crippen molar-refractivity contribution in [2.45, 2.75) is 24.5 Å². The lowest BCUT2D eigenvalue weighted by molar-refractivity contribution is -0.153. The summed E-state index contributed by atoms with van der Waals surface area (Å²) >= 11 is 0. The van der Waals surface area contributed by atoms with Crippen molar-refractivity contribution in [3.8, 4) is 11.1 Å². The van der Waals surface area contributed by atoms with E-state index in [1.807, 2.05) is 0 Å². The molecule has 190 valence electrons. The number of rotatable bonds is 5. The van der Waals surface area contributed by atoms with E-state index in [-0.39, 0.29) is 23.6 Å². The Balaban J connectivity index is 1.57. The summed E-state index contributed by atoms with van der Waals surface area (Å²) in [4.78, 5) is 15.8. The lowest BCUT2D eigenvalue weighted by Gasteiger charge is -2.36. The average molecular weight is 513 g/mol. The minimum Gasteiger partial charge on any atom is -0.372 e. The molecule has 1 amide bonds. The minimum atomic E-state index is -5.02. The van der Waals surface area contributed by atoms with Gasteiger partial charge in [-0.15, -0.1) is 0 Å². The third-order valence-corrected chi connectivity index (χ3v) is 5.68. The van der Waals surface area contributed by atoms with Crippen molar-refractivity contribution >= 4 is 11.6 Å². The summed E-state index contributed by atoms with van der Waals surface area (Å²) < 4.78 is 97.5. The van der Waals surface area contributed by atoms with Crippen molar-refractivity contribution in [3.05, 3.63) is 83.4 Å². The van der Waals surface area contributed by atoms with Crippen molar-refractivity contribution in [1.29, 1.82) is 0 Å². The first kappa shape index (κ1) is 25.6. The topological polar surface area (TPSA) is 77.2 Å². The second-order valence-corrected chi connectivity index (χ2v) is 8.12. The number of benzene rings is 2. The van der Waals surface area contributed by atoms with E-state index in [0.717, 1.165) is 6.07 Å². The molecule has 3 atom stereocenters. The van der Waals surface area contributed by atoms with E-state index in [1.165, 1.54) is 48.5 Å². The Hall–Kier alpha value is -3.51. The van der Waals surface area contributed by atoms with E-state index in [2.05, 4.69) is 10.3 Å². The number of halogens is 7. The maximum absolute atomic E-state index is 13.3. The Morgan fingerprint density at radius 3 is 2.14 bits per heavy atom. The fraction of sp³-hybridized carbons (Fsp3) is 0.250. The number of nitrogens with zero attached hydrogens (tertiary/aromatic N) is 1. The first-order valence-corrected chi connectivity index (χ1v) is 10.5. The first-order valence-electron chi connectivity index (χ1n) is 10.5. The van der Waals surface area contributed by atoms with Crippen molar-refractivity contribution < 1.29 is 40.3 Å². The van der Waals surface area contributed by atoms with Gasteiger partial charge in [-0.05, 0) is 41.5 Å². The van der Waals surface area contributed by atoms with Crippen molar-refractivity contribution in [2.24, 2.45) is 11.7 Å². The van der Waals surface area contributed by atoms with Gasteiger partial charge in [-0.2, -0.15) is 26.3 Å². The molecule has 1 aromatic heterocycles. The lowest BCUT2D eigenvalue weighted by atomic mass is 9.89. The standard InChI is InChI=1S/C24H18F7N3O2/c25-14-5-7-15(8-6-14)33-22(35)17-11-36-20(17)13-3-1-12(2-4-13)16-9-10-18(23(26,27)28)34-19(16)21(32)24(29,30)31/h1-10,17,20-21H,11,32H2,(H,33,35). The number of aromatic nitrogens is 1. The van der Waals surface area contributed by atoms with Crippen LogP contribution in [0.2, 0.25) is 0 Å². The molecule has 1 aliphatic rings. The first-order chi connectivity index (χ1) is 16.8. The third-order valence-electron chi connectivity index (χ3n) is 5.68. The fourth-order valence-corrected chi connectivity index (χ4v) is 3.72. The number of carbonyl (C=O) groups excluding carboxylic acids is 1. The molecule has 0 spiro atoms. The highest BCUT2D eigenvalue weighted by molar-refractivity contribution is 5.93. The van der Waals surface area contributed by atoms with Crippen molar-refractivity contribution in [2.75, 3.05) is 11.9 Å². The number of carbonyl (C=O) groups is 1. The molecule has 5 nitrogen and oxygen atoms in total. The maximum Gasteiger partial charge on any atom is 0.433 e. The lowest BCUT2D eigenvalue weighted by Crippen LogP contribution is -2.41. The molecule has 0 saturated carbocycles. The van der Waals surface area contributed by atoms with Gasteiger partial charge in [0.25, 0.3) is 0 Å². The largest absolute Gasteiger partial charge is 0.433 e. The Bertz CT molecular complexity index is 1240. The number of hydrogen-bond acceptors (Lipinski definition) is 4. The molecule has 3 aromatic rings. The number of nitrogens with two attached hydrogens (primary N) is 1. The molecule has 2 aromatic carbocycles. The third kappa shape index (κ3) is 5.34. The predicted molar refractivity (Wildman–Crippen MR) is 115 cm³/mol. The van der Waals surface area contributed by atoms with Gasteiger partial charge in [-0.1, -0.05) is 30.3 Å². The normalized spacial score (nSPS) is 18.9. The van der Waals surface area contributed by atoms with Crippen LogP contribution in [0.25, 0.3) is 11.1 Å². The quantitative estimate of drug-likeness (QED) is 0.423. The van der Waals surface area contributed by atoms with Gasteiger partial charge >= 0.3 is 12.4 Å². The van der Waals surface area contributed by atoms with Gasteiger partial charge in [0.15, 0.2) is 0 Å². The molecule has 0 aliphatic carbocycles. The molecule has 3 N–H and O–H groups in total. The Kier molecular flexibility index (Phi) is 6.76. The number of amides is 1. The summed E-state index contributed by atoms with van der Waals surface area (Å²) in [6.45, 7) is 0.118. The van der Waals surface area contributed by atoms with Crippen LogP contribution in [0.15, 0.2) is 60.7 Å². The number of hydrogen-bond donors (Lipinski definition) is 2. The molecule has 1 saturated heterocycles. The monoisotopic (exact) mass is 513 g/mol. The molecule has 4 rings (SSSR count). The van der Waals surface area contributed by atoms with E-state index in [9.17, 15) is 35.5 Å². The summed E-state index contributed by atoms with van der Waals surface area (Å²) in [7, 11) is 0. The molecular weight excluding hydrogens is 495 g/mol. The SMILES string of the molecule is NC(c1nc(C(F)(F)F)ccc1-c1ccc(C2OCC2C(=O)Nc2ccc(F)cc2)cc1)C(F)(F)F. The molecule has 12 heteroatoms. The number of pyridine rings is 1. The fourth-order valence-electron chi connectivity index (χ4n) is 3.72. The van der Waals surface area contributed by atoms with E-state index < -0.39 is 47.6 Å². The highest BCUT2D eigenvalue weighted by Gasteiger charge is 2.42. The molecule has 3 unspecified atom stereocenters. The van der Waals surface area contributed by atoms with Crippen LogP contribution < -0.4 is 11.1 Å². The molecular formula is C24H18F7N3O2. The van der Waals surface area contributed by atoms with Gasteiger partial charge in [-0.25, -0.2) is 9.37 Å². The highest BCUT2D eigenvalue weighted by Crippen LogP contribution is 2.40. The van der Waals surface area contributed by atoms with Crippen molar-refractivity contribution in [1.82, 2.24) is 4.98 Å². The second kappa shape index (κ2) is 9.51. The van der Waals surface area contributed by atoms with Crippen LogP contribution in [0.1, 0.15) is 29.1 Å². The van der Waals surface area contributed by atoms with Gasteiger partial charge < -0.3 is 15.8 Å². The van der Waals surface area contributed by atoms with Crippen LogP contribution >= 0.6 is 0 Å². The van der Waals surface area contributed by atoms with E-state index in [0.29, 0.717) is 17.3 Å². The maximum atomic E-state index is 13.3. The number of nitrogens with one attached hydrogen (secondary N) is 1. The number of anilines is 1. The summed E-state index contributed by atoms with van der Waals surface area (Å²) in [6, 6.07) is 9.71. The molecule has 0 radical (unpaired) electrons. The predicted octanol–water partition coefficient (Wildman–Crippen LogP) is 5.79. The van der Waals surface area contributed by atoms with Crippen LogP contribution in [0, 0.1) is 11.7 Å². The van der Waals surface area contributed by atoms with E-state index in [4.69, 9.17) is 10.5 Å². The van der Waals surface area contributed by atoms with Crippen LogP contribution in [-0.4, -0.2) is 23.7 Å². The van der Waals surface area contributed by atoms with Gasteiger partial charge in [0.05, 0.1) is 24.3 Å². The molecule has 36 heavy (non-hydrogen) atoms. The molecule has 1 fully saturated rings. The summed E-state index contributed by atoms with van der Waals surface area (Å²) in [6.07, 6.45) is -10.6. The zero-order valence-corrected chi connectivity index (χ0v) is 18.2.